The lowest BCUT2D eigenvalue weighted by Crippen LogP contribution is -2.34. The SMILES string of the molecule is O=S(=O)(CC1CCCC1)NC(CO)c1ccco1. The van der Waals surface area contributed by atoms with Gasteiger partial charge in [-0.25, -0.2) is 13.1 Å². The molecule has 0 amide bonds. The van der Waals surface area contributed by atoms with Crippen molar-refractivity contribution in [2.45, 2.75) is 31.7 Å². The molecule has 0 saturated heterocycles. The van der Waals surface area contributed by atoms with Crippen molar-refractivity contribution >= 4 is 10.0 Å². The Hall–Kier alpha value is -0.850. The molecule has 1 aliphatic rings. The van der Waals surface area contributed by atoms with Crippen LogP contribution in [0.25, 0.3) is 0 Å². The fraction of sp³-hybridized carbons (Fsp3) is 0.667. The summed E-state index contributed by atoms with van der Waals surface area (Å²) in [7, 11) is -3.37. The highest BCUT2D eigenvalue weighted by Gasteiger charge is 2.26. The van der Waals surface area contributed by atoms with Gasteiger partial charge in [0.25, 0.3) is 0 Å². The van der Waals surface area contributed by atoms with Gasteiger partial charge < -0.3 is 9.52 Å². The van der Waals surface area contributed by atoms with Crippen LogP contribution in [0, 0.1) is 5.92 Å². The van der Waals surface area contributed by atoms with Gasteiger partial charge in [0.1, 0.15) is 11.8 Å². The second kappa shape index (κ2) is 5.86. The van der Waals surface area contributed by atoms with Gasteiger partial charge in [0, 0.05) is 0 Å². The normalized spacial score (nSPS) is 19.2. The van der Waals surface area contributed by atoms with Gasteiger partial charge in [0.05, 0.1) is 18.6 Å². The molecular formula is C12H19NO4S. The lowest BCUT2D eigenvalue weighted by Gasteiger charge is -2.16. The Labute approximate surface area is 107 Å². The largest absolute Gasteiger partial charge is 0.468 e. The molecule has 6 heteroatoms. The average Bonchev–Trinajstić information content (AvgIpc) is 2.97. The summed E-state index contributed by atoms with van der Waals surface area (Å²) >= 11 is 0. The van der Waals surface area contributed by atoms with Crippen LogP contribution >= 0.6 is 0 Å². The maximum absolute atomic E-state index is 12.0. The first-order chi connectivity index (χ1) is 8.61. The molecule has 0 bridgehead atoms. The zero-order valence-corrected chi connectivity index (χ0v) is 11.0. The van der Waals surface area contributed by atoms with Crippen molar-refractivity contribution < 1.29 is 17.9 Å². The van der Waals surface area contributed by atoms with Gasteiger partial charge in [-0.2, -0.15) is 0 Å². The standard InChI is InChI=1S/C12H19NO4S/c14-8-11(12-6-3-7-17-12)13-18(15,16)9-10-4-1-2-5-10/h3,6-7,10-11,13-14H,1-2,4-5,8-9H2. The number of aliphatic hydroxyl groups is 1. The van der Waals surface area contributed by atoms with Crippen LogP contribution in [0.15, 0.2) is 22.8 Å². The maximum Gasteiger partial charge on any atom is 0.212 e. The van der Waals surface area contributed by atoms with Crippen molar-refractivity contribution in [3.63, 3.8) is 0 Å². The smallest absolute Gasteiger partial charge is 0.212 e. The van der Waals surface area contributed by atoms with E-state index < -0.39 is 16.1 Å². The van der Waals surface area contributed by atoms with E-state index >= 15 is 0 Å². The van der Waals surface area contributed by atoms with E-state index in [1.54, 1.807) is 12.1 Å². The Morgan fingerprint density at radius 1 is 1.44 bits per heavy atom. The second-order valence-corrected chi connectivity index (χ2v) is 6.60. The highest BCUT2D eigenvalue weighted by molar-refractivity contribution is 7.89. The van der Waals surface area contributed by atoms with E-state index in [1.807, 2.05) is 0 Å². The first-order valence-corrected chi connectivity index (χ1v) is 7.90. The molecule has 0 spiro atoms. The summed E-state index contributed by atoms with van der Waals surface area (Å²) < 4.78 is 31.6. The summed E-state index contributed by atoms with van der Waals surface area (Å²) in [5, 5.41) is 9.24. The summed E-state index contributed by atoms with van der Waals surface area (Å²) in [6.45, 7) is -0.308. The third kappa shape index (κ3) is 3.57. The molecule has 1 unspecified atom stereocenters. The highest BCUT2D eigenvalue weighted by atomic mass is 32.2. The molecule has 0 aromatic carbocycles. The fourth-order valence-electron chi connectivity index (χ4n) is 2.43. The van der Waals surface area contributed by atoms with Gasteiger partial charge in [-0.3, -0.25) is 0 Å². The van der Waals surface area contributed by atoms with Crippen molar-refractivity contribution in [3.8, 4) is 0 Å². The Kier molecular flexibility index (Phi) is 4.42. The van der Waals surface area contributed by atoms with Crippen LogP contribution in [0.2, 0.25) is 0 Å². The van der Waals surface area contributed by atoms with Gasteiger partial charge >= 0.3 is 0 Å². The minimum absolute atomic E-state index is 0.143. The lowest BCUT2D eigenvalue weighted by atomic mass is 10.1. The van der Waals surface area contributed by atoms with Gasteiger partial charge in [0.2, 0.25) is 10.0 Å². The van der Waals surface area contributed by atoms with E-state index in [9.17, 15) is 13.5 Å². The molecule has 2 N–H and O–H groups in total. The first-order valence-electron chi connectivity index (χ1n) is 6.25. The molecule has 1 aliphatic carbocycles. The summed E-state index contributed by atoms with van der Waals surface area (Å²) in [5.41, 5.74) is 0. The van der Waals surface area contributed by atoms with Crippen molar-refractivity contribution in [3.05, 3.63) is 24.2 Å². The quantitative estimate of drug-likeness (QED) is 0.821. The summed E-state index contributed by atoms with van der Waals surface area (Å²) in [4.78, 5) is 0. The monoisotopic (exact) mass is 273 g/mol. The third-order valence-corrected chi connectivity index (χ3v) is 4.87. The Bertz CT molecular complexity index is 448. The van der Waals surface area contributed by atoms with Crippen LogP contribution < -0.4 is 4.72 Å². The molecule has 0 radical (unpaired) electrons. The predicted octanol–water partition coefficient (Wildman–Crippen LogP) is 1.42. The van der Waals surface area contributed by atoms with Crippen molar-refractivity contribution in [1.82, 2.24) is 4.72 Å². The molecule has 0 aliphatic heterocycles. The molecule has 1 aromatic heterocycles. The molecule has 2 rings (SSSR count). The summed E-state index contributed by atoms with van der Waals surface area (Å²) in [5.74, 6) is 0.829. The third-order valence-electron chi connectivity index (χ3n) is 3.32. The zero-order chi connectivity index (χ0) is 13.0. The maximum atomic E-state index is 12.0. The lowest BCUT2D eigenvalue weighted by molar-refractivity contribution is 0.241. The minimum Gasteiger partial charge on any atom is -0.468 e. The van der Waals surface area contributed by atoms with E-state index in [4.69, 9.17) is 4.42 Å². The topological polar surface area (TPSA) is 79.5 Å². The Morgan fingerprint density at radius 2 is 2.17 bits per heavy atom. The minimum atomic E-state index is -3.37. The van der Waals surface area contributed by atoms with Crippen LogP contribution in [0.5, 0.6) is 0 Å². The van der Waals surface area contributed by atoms with Gasteiger partial charge in [-0.1, -0.05) is 12.8 Å². The van der Waals surface area contributed by atoms with Crippen LogP contribution in [-0.2, 0) is 10.0 Å². The van der Waals surface area contributed by atoms with Crippen molar-refractivity contribution in [2.24, 2.45) is 5.92 Å². The number of rotatable bonds is 6. The fourth-order valence-corrected chi connectivity index (χ4v) is 4.10. The Morgan fingerprint density at radius 3 is 2.72 bits per heavy atom. The number of sulfonamides is 1. The van der Waals surface area contributed by atoms with Gasteiger partial charge in [0.15, 0.2) is 0 Å². The molecule has 1 atom stereocenters. The van der Waals surface area contributed by atoms with E-state index in [0.29, 0.717) is 5.76 Å². The molecule has 18 heavy (non-hydrogen) atoms. The highest BCUT2D eigenvalue weighted by Crippen LogP contribution is 2.26. The van der Waals surface area contributed by atoms with Crippen molar-refractivity contribution in [2.75, 3.05) is 12.4 Å². The van der Waals surface area contributed by atoms with E-state index in [-0.39, 0.29) is 18.3 Å². The van der Waals surface area contributed by atoms with Crippen LogP contribution in [0.3, 0.4) is 0 Å². The van der Waals surface area contributed by atoms with E-state index in [2.05, 4.69) is 4.72 Å². The van der Waals surface area contributed by atoms with Crippen LogP contribution in [-0.4, -0.2) is 25.9 Å². The van der Waals surface area contributed by atoms with Crippen LogP contribution in [0.4, 0.5) is 0 Å². The molecule has 5 nitrogen and oxygen atoms in total. The number of furan rings is 1. The number of hydrogen-bond acceptors (Lipinski definition) is 4. The van der Waals surface area contributed by atoms with Gasteiger partial charge in [-0.15, -0.1) is 0 Å². The number of hydrogen-bond donors (Lipinski definition) is 2. The molecule has 1 saturated carbocycles. The molecule has 102 valence electrons. The predicted molar refractivity (Wildman–Crippen MR) is 67.4 cm³/mol. The van der Waals surface area contributed by atoms with Crippen molar-refractivity contribution in [1.29, 1.82) is 0 Å². The summed E-state index contributed by atoms with van der Waals surface area (Å²) in [6, 6.07) is 2.63. The summed E-state index contributed by atoms with van der Waals surface area (Å²) in [6.07, 6.45) is 5.64. The van der Waals surface area contributed by atoms with Gasteiger partial charge in [-0.05, 0) is 30.9 Å². The Balaban J connectivity index is 1.97. The molecule has 1 fully saturated rings. The number of aliphatic hydroxyl groups excluding tert-OH is 1. The van der Waals surface area contributed by atoms with E-state index in [0.717, 1.165) is 25.7 Å². The zero-order valence-electron chi connectivity index (χ0n) is 10.2. The van der Waals surface area contributed by atoms with E-state index in [1.165, 1.54) is 6.26 Å². The average molecular weight is 273 g/mol. The number of nitrogens with one attached hydrogen (secondary N) is 1. The molecular weight excluding hydrogens is 254 g/mol. The first kappa shape index (κ1) is 13.6. The molecule has 1 heterocycles. The molecule has 1 aromatic rings. The van der Waals surface area contributed by atoms with Crippen LogP contribution in [0.1, 0.15) is 37.5 Å². The second-order valence-electron chi connectivity index (χ2n) is 4.80.